The van der Waals surface area contributed by atoms with Gasteiger partial charge in [0.05, 0.1) is 11.4 Å². The Morgan fingerprint density at radius 1 is 1.35 bits per heavy atom. The fraction of sp³-hybridized carbons (Fsp3) is 0.455. The summed E-state index contributed by atoms with van der Waals surface area (Å²) in [6, 6.07) is 0. The van der Waals surface area contributed by atoms with Gasteiger partial charge in [0.25, 0.3) is 0 Å². The van der Waals surface area contributed by atoms with Crippen LogP contribution in [0.3, 0.4) is 0 Å². The molecule has 6 heteroatoms. The summed E-state index contributed by atoms with van der Waals surface area (Å²) in [4.78, 5) is 25.8. The summed E-state index contributed by atoms with van der Waals surface area (Å²) in [5.41, 5.74) is 1.15. The molecule has 0 aliphatic carbocycles. The van der Waals surface area contributed by atoms with Crippen LogP contribution in [-0.4, -0.2) is 35.9 Å². The Morgan fingerprint density at radius 2 is 2.12 bits per heavy atom. The van der Waals surface area contributed by atoms with Gasteiger partial charge >= 0.3 is 0 Å². The molecule has 90 valence electrons. The highest BCUT2D eigenvalue weighted by molar-refractivity contribution is 6.08. The van der Waals surface area contributed by atoms with E-state index in [1.807, 2.05) is 0 Å². The molecule has 0 atom stereocenters. The van der Waals surface area contributed by atoms with Gasteiger partial charge in [0.15, 0.2) is 6.29 Å². The summed E-state index contributed by atoms with van der Waals surface area (Å²) in [7, 11) is 0. The molecular weight excluding hydrogens is 222 g/mol. The molecule has 1 amide bonds. The standard InChI is InChI=1S/C11H13N3O3/c15-6-8-9-7(5-12-8)13-10(16)11(14-9)1-3-17-4-2-11/h5-6,12,14H,1-4H2,(H,13,16). The molecule has 2 aliphatic heterocycles. The SMILES string of the molecule is O=Cc1[nH]cc2c1NC1(CCOCC1)C(=O)N2. The van der Waals surface area contributed by atoms with E-state index in [0.717, 1.165) is 6.29 Å². The van der Waals surface area contributed by atoms with Gasteiger partial charge in [-0.25, -0.2) is 0 Å². The molecule has 2 aliphatic rings. The van der Waals surface area contributed by atoms with Crippen molar-refractivity contribution >= 4 is 23.6 Å². The summed E-state index contributed by atoms with van der Waals surface area (Å²) in [6.45, 7) is 1.10. The molecule has 1 fully saturated rings. The number of anilines is 2. The maximum atomic E-state index is 12.1. The Labute approximate surface area is 97.7 Å². The van der Waals surface area contributed by atoms with Crippen molar-refractivity contribution in [3.05, 3.63) is 11.9 Å². The second-order valence-corrected chi connectivity index (χ2v) is 4.38. The van der Waals surface area contributed by atoms with Gasteiger partial charge in [-0.2, -0.15) is 0 Å². The van der Waals surface area contributed by atoms with Crippen molar-refractivity contribution in [2.45, 2.75) is 18.4 Å². The van der Waals surface area contributed by atoms with E-state index < -0.39 is 5.54 Å². The van der Waals surface area contributed by atoms with Crippen LogP contribution in [0.5, 0.6) is 0 Å². The van der Waals surface area contributed by atoms with Crippen molar-refractivity contribution in [3.8, 4) is 0 Å². The zero-order valence-corrected chi connectivity index (χ0v) is 9.21. The lowest BCUT2D eigenvalue weighted by Crippen LogP contribution is -2.55. The minimum absolute atomic E-state index is 0.0512. The summed E-state index contributed by atoms with van der Waals surface area (Å²) >= 11 is 0. The number of hydrogen-bond acceptors (Lipinski definition) is 4. The van der Waals surface area contributed by atoms with E-state index in [4.69, 9.17) is 4.74 Å². The minimum Gasteiger partial charge on any atom is -0.381 e. The highest BCUT2D eigenvalue weighted by Crippen LogP contribution is 2.37. The number of fused-ring (bicyclic) bond motifs is 1. The molecule has 6 nitrogen and oxygen atoms in total. The van der Waals surface area contributed by atoms with Gasteiger partial charge in [-0.1, -0.05) is 0 Å². The van der Waals surface area contributed by atoms with Crippen LogP contribution in [0, 0.1) is 0 Å². The van der Waals surface area contributed by atoms with Crippen molar-refractivity contribution in [3.63, 3.8) is 0 Å². The molecule has 1 spiro atoms. The molecule has 3 rings (SSSR count). The van der Waals surface area contributed by atoms with E-state index in [1.54, 1.807) is 6.20 Å². The van der Waals surface area contributed by atoms with Gasteiger partial charge in [0.1, 0.15) is 11.2 Å². The smallest absolute Gasteiger partial charge is 0.250 e. The van der Waals surface area contributed by atoms with Crippen LogP contribution in [0.15, 0.2) is 6.20 Å². The third-order valence-electron chi connectivity index (χ3n) is 3.42. The van der Waals surface area contributed by atoms with E-state index >= 15 is 0 Å². The van der Waals surface area contributed by atoms with Crippen LogP contribution in [-0.2, 0) is 9.53 Å². The minimum atomic E-state index is -0.634. The predicted molar refractivity (Wildman–Crippen MR) is 61.2 cm³/mol. The predicted octanol–water partition coefficient (Wildman–Crippen LogP) is 0.740. The van der Waals surface area contributed by atoms with Gasteiger partial charge < -0.3 is 20.4 Å². The van der Waals surface area contributed by atoms with Crippen molar-refractivity contribution in [1.29, 1.82) is 0 Å². The Hall–Kier alpha value is -1.82. The number of nitrogens with one attached hydrogen (secondary N) is 3. The van der Waals surface area contributed by atoms with E-state index in [9.17, 15) is 9.59 Å². The molecule has 0 radical (unpaired) electrons. The molecule has 1 saturated heterocycles. The molecule has 1 aromatic rings. The van der Waals surface area contributed by atoms with Crippen LogP contribution in [0.4, 0.5) is 11.4 Å². The summed E-state index contributed by atoms with van der Waals surface area (Å²) in [5, 5.41) is 6.04. The van der Waals surface area contributed by atoms with E-state index in [2.05, 4.69) is 15.6 Å². The number of amides is 1. The molecule has 1 aromatic heterocycles. The first-order valence-corrected chi connectivity index (χ1v) is 5.59. The lowest BCUT2D eigenvalue weighted by atomic mass is 9.87. The quantitative estimate of drug-likeness (QED) is 0.627. The van der Waals surface area contributed by atoms with Gasteiger partial charge in [-0.15, -0.1) is 0 Å². The number of carbonyl (C=O) groups excluding carboxylic acids is 2. The number of aromatic amines is 1. The molecule has 3 N–H and O–H groups in total. The van der Waals surface area contributed by atoms with Crippen molar-refractivity contribution < 1.29 is 14.3 Å². The van der Waals surface area contributed by atoms with Crippen LogP contribution >= 0.6 is 0 Å². The number of hydrogen-bond donors (Lipinski definition) is 3. The summed E-state index contributed by atoms with van der Waals surface area (Å²) < 4.78 is 5.27. The number of aldehydes is 1. The van der Waals surface area contributed by atoms with Gasteiger partial charge in [-0.3, -0.25) is 9.59 Å². The fourth-order valence-corrected chi connectivity index (χ4v) is 2.38. The second kappa shape index (κ2) is 3.59. The maximum absolute atomic E-state index is 12.1. The first-order valence-electron chi connectivity index (χ1n) is 5.59. The summed E-state index contributed by atoms with van der Waals surface area (Å²) in [5.74, 6) is -0.0512. The maximum Gasteiger partial charge on any atom is 0.250 e. The zero-order valence-electron chi connectivity index (χ0n) is 9.21. The first-order chi connectivity index (χ1) is 8.25. The van der Waals surface area contributed by atoms with Gasteiger partial charge in [-0.05, 0) is 0 Å². The molecule has 0 aromatic carbocycles. The normalized spacial score (nSPS) is 21.5. The average Bonchev–Trinajstić information content (AvgIpc) is 2.73. The summed E-state index contributed by atoms with van der Waals surface area (Å²) in [6.07, 6.45) is 3.59. The van der Waals surface area contributed by atoms with Crippen LogP contribution in [0.25, 0.3) is 0 Å². The van der Waals surface area contributed by atoms with Gasteiger partial charge in [0.2, 0.25) is 5.91 Å². The van der Waals surface area contributed by atoms with Crippen LogP contribution in [0.2, 0.25) is 0 Å². The molecule has 17 heavy (non-hydrogen) atoms. The Kier molecular flexibility index (Phi) is 2.19. The first kappa shape index (κ1) is 10.3. The van der Waals surface area contributed by atoms with Crippen molar-refractivity contribution in [2.24, 2.45) is 0 Å². The Balaban J connectivity index is 2.00. The third-order valence-corrected chi connectivity index (χ3v) is 3.42. The Bertz CT molecular complexity index is 474. The molecular formula is C11H13N3O3. The van der Waals surface area contributed by atoms with E-state index in [0.29, 0.717) is 43.1 Å². The van der Waals surface area contributed by atoms with Crippen molar-refractivity contribution in [1.82, 2.24) is 4.98 Å². The monoisotopic (exact) mass is 235 g/mol. The van der Waals surface area contributed by atoms with Crippen LogP contribution < -0.4 is 10.6 Å². The van der Waals surface area contributed by atoms with Crippen molar-refractivity contribution in [2.75, 3.05) is 23.8 Å². The second-order valence-electron chi connectivity index (χ2n) is 4.38. The number of aromatic nitrogens is 1. The van der Waals surface area contributed by atoms with E-state index in [-0.39, 0.29) is 5.91 Å². The molecule has 0 bridgehead atoms. The van der Waals surface area contributed by atoms with E-state index in [1.165, 1.54) is 0 Å². The molecule has 3 heterocycles. The average molecular weight is 235 g/mol. The molecule has 0 saturated carbocycles. The topological polar surface area (TPSA) is 83.2 Å². The Morgan fingerprint density at radius 3 is 2.82 bits per heavy atom. The lowest BCUT2D eigenvalue weighted by Gasteiger charge is -2.40. The largest absolute Gasteiger partial charge is 0.381 e. The lowest BCUT2D eigenvalue weighted by molar-refractivity contribution is -0.123. The molecule has 0 unspecified atom stereocenters. The number of ether oxygens (including phenoxy) is 1. The fourth-order valence-electron chi connectivity index (χ4n) is 2.38. The van der Waals surface area contributed by atoms with Crippen LogP contribution in [0.1, 0.15) is 23.3 Å². The number of H-pyrrole nitrogens is 1. The zero-order chi connectivity index (χ0) is 11.9. The third kappa shape index (κ3) is 1.44. The number of carbonyl (C=O) groups is 2. The highest BCUT2D eigenvalue weighted by Gasteiger charge is 2.44. The highest BCUT2D eigenvalue weighted by atomic mass is 16.5. The number of rotatable bonds is 1. The van der Waals surface area contributed by atoms with Gasteiger partial charge in [0, 0.05) is 32.3 Å².